The molecule has 0 heterocycles. The van der Waals surface area contributed by atoms with Crippen molar-refractivity contribution in [3.8, 4) is 5.75 Å². The monoisotopic (exact) mass is 320 g/mol. The highest BCUT2D eigenvalue weighted by atomic mass is 19.1. The number of hydrazone groups is 1. The topological polar surface area (TPSA) is 33.6 Å². The minimum atomic E-state index is -0.274. The molecule has 0 radical (unpaired) electrons. The molecular weight excluding hydrogens is 303 g/mol. The first-order valence-corrected chi connectivity index (χ1v) is 7.62. The van der Waals surface area contributed by atoms with Crippen molar-refractivity contribution < 1.29 is 9.13 Å². The summed E-state index contributed by atoms with van der Waals surface area (Å²) in [5.41, 5.74) is 5.56. The molecule has 0 unspecified atom stereocenters. The summed E-state index contributed by atoms with van der Waals surface area (Å²) in [6.45, 7) is 0.497. The van der Waals surface area contributed by atoms with Gasteiger partial charge in [0, 0.05) is 5.56 Å². The summed E-state index contributed by atoms with van der Waals surface area (Å²) in [6, 6.07) is 23.7. The Morgan fingerprint density at radius 3 is 2.38 bits per heavy atom. The minimum Gasteiger partial charge on any atom is -0.488 e. The Bertz CT molecular complexity index is 801. The van der Waals surface area contributed by atoms with Gasteiger partial charge in [0.15, 0.2) is 0 Å². The van der Waals surface area contributed by atoms with Gasteiger partial charge in [-0.15, -0.1) is 0 Å². The van der Waals surface area contributed by atoms with Crippen molar-refractivity contribution in [3.63, 3.8) is 0 Å². The average Bonchev–Trinajstić information content (AvgIpc) is 2.63. The first-order chi connectivity index (χ1) is 11.8. The van der Waals surface area contributed by atoms with Gasteiger partial charge in [-0.05, 0) is 42.0 Å². The van der Waals surface area contributed by atoms with E-state index in [1.165, 1.54) is 12.1 Å². The molecule has 1 N–H and O–H groups in total. The molecule has 0 atom stereocenters. The molecule has 0 spiro atoms. The second kappa shape index (κ2) is 7.92. The Morgan fingerprint density at radius 2 is 1.58 bits per heavy atom. The molecule has 0 saturated carbocycles. The van der Waals surface area contributed by atoms with Crippen LogP contribution in [0.1, 0.15) is 11.1 Å². The van der Waals surface area contributed by atoms with E-state index < -0.39 is 0 Å². The number of nitrogens with zero attached hydrogens (tertiary/aromatic N) is 1. The third kappa shape index (κ3) is 4.43. The maximum Gasteiger partial charge on any atom is 0.128 e. The lowest BCUT2D eigenvalue weighted by molar-refractivity contribution is 0.306. The van der Waals surface area contributed by atoms with Crippen molar-refractivity contribution in [2.24, 2.45) is 5.10 Å². The molecule has 0 bridgehead atoms. The lowest BCUT2D eigenvalue weighted by Gasteiger charge is -2.09. The van der Waals surface area contributed by atoms with E-state index in [1.54, 1.807) is 18.3 Å². The molecule has 0 saturated heterocycles. The molecule has 4 heteroatoms. The smallest absolute Gasteiger partial charge is 0.128 e. The summed E-state index contributed by atoms with van der Waals surface area (Å²) in [6.07, 6.45) is 1.68. The SMILES string of the molecule is Fc1ccc(N/N=C\c2ccccc2OCc2ccccc2)cc1. The maximum absolute atomic E-state index is 12.9. The number of benzene rings is 3. The summed E-state index contributed by atoms with van der Waals surface area (Å²) in [7, 11) is 0. The zero-order valence-electron chi connectivity index (χ0n) is 13.0. The lowest BCUT2D eigenvalue weighted by atomic mass is 10.2. The van der Waals surface area contributed by atoms with Crippen molar-refractivity contribution in [2.75, 3.05) is 5.43 Å². The number of para-hydroxylation sites is 1. The molecule has 120 valence electrons. The van der Waals surface area contributed by atoms with Crippen LogP contribution in [0, 0.1) is 5.82 Å². The van der Waals surface area contributed by atoms with Crippen molar-refractivity contribution in [1.82, 2.24) is 0 Å². The largest absolute Gasteiger partial charge is 0.488 e. The number of halogens is 1. The molecule has 24 heavy (non-hydrogen) atoms. The van der Waals surface area contributed by atoms with Crippen molar-refractivity contribution >= 4 is 11.9 Å². The number of rotatable bonds is 6. The fraction of sp³-hybridized carbons (Fsp3) is 0.0500. The van der Waals surface area contributed by atoms with Gasteiger partial charge in [-0.2, -0.15) is 5.10 Å². The lowest BCUT2D eigenvalue weighted by Crippen LogP contribution is -1.99. The first-order valence-electron chi connectivity index (χ1n) is 7.62. The molecule has 0 aliphatic heterocycles. The van der Waals surface area contributed by atoms with Gasteiger partial charge in [-0.3, -0.25) is 5.43 Å². The van der Waals surface area contributed by atoms with Gasteiger partial charge >= 0.3 is 0 Å². The molecule has 0 amide bonds. The maximum atomic E-state index is 12.9. The van der Waals surface area contributed by atoms with E-state index in [4.69, 9.17) is 4.74 Å². The van der Waals surface area contributed by atoms with Crippen LogP contribution in [0.4, 0.5) is 10.1 Å². The summed E-state index contributed by atoms with van der Waals surface area (Å²) < 4.78 is 18.7. The molecule has 3 rings (SSSR count). The third-order valence-electron chi connectivity index (χ3n) is 3.40. The predicted octanol–water partition coefficient (Wildman–Crippen LogP) is 4.85. The van der Waals surface area contributed by atoms with Gasteiger partial charge in [-0.1, -0.05) is 42.5 Å². The molecule has 3 aromatic carbocycles. The quantitative estimate of drug-likeness (QED) is 0.520. The highest BCUT2D eigenvalue weighted by Gasteiger charge is 2.01. The van der Waals surface area contributed by atoms with E-state index in [1.807, 2.05) is 54.6 Å². The van der Waals surface area contributed by atoms with Gasteiger partial charge in [0.25, 0.3) is 0 Å². The molecule has 3 aromatic rings. The average molecular weight is 320 g/mol. The third-order valence-corrected chi connectivity index (χ3v) is 3.40. The van der Waals surface area contributed by atoms with Crippen LogP contribution in [0.2, 0.25) is 0 Å². The van der Waals surface area contributed by atoms with Gasteiger partial charge in [-0.25, -0.2) is 4.39 Å². The molecule has 0 fully saturated rings. The van der Waals surface area contributed by atoms with Gasteiger partial charge in [0.1, 0.15) is 18.2 Å². The molecule has 0 aromatic heterocycles. The van der Waals surface area contributed by atoms with Gasteiger partial charge in [0.05, 0.1) is 11.9 Å². The zero-order chi connectivity index (χ0) is 16.6. The van der Waals surface area contributed by atoms with E-state index in [0.717, 1.165) is 22.6 Å². The Balaban J connectivity index is 1.65. The fourth-order valence-electron chi connectivity index (χ4n) is 2.15. The Hall–Kier alpha value is -3.14. The van der Waals surface area contributed by atoms with E-state index in [0.29, 0.717) is 6.61 Å². The summed E-state index contributed by atoms with van der Waals surface area (Å²) in [5.74, 6) is 0.482. The van der Waals surface area contributed by atoms with Crippen LogP contribution >= 0.6 is 0 Å². The Kier molecular flexibility index (Phi) is 5.20. The van der Waals surface area contributed by atoms with Crippen LogP contribution < -0.4 is 10.2 Å². The normalized spacial score (nSPS) is 10.7. The summed E-state index contributed by atoms with van der Waals surface area (Å²) in [5, 5.41) is 4.18. The standard InChI is InChI=1S/C20H17FN2O/c21-18-10-12-19(13-11-18)23-22-14-17-8-4-5-9-20(17)24-15-16-6-2-1-3-7-16/h1-14,23H,15H2/b22-14-. The van der Waals surface area contributed by atoms with E-state index in [-0.39, 0.29) is 5.82 Å². The first kappa shape index (κ1) is 15.7. The van der Waals surface area contributed by atoms with Crippen molar-refractivity contribution in [1.29, 1.82) is 0 Å². The second-order valence-electron chi connectivity index (χ2n) is 5.19. The van der Waals surface area contributed by atoms with Crippen LogP contribution in [0.15, 0.2) is 84.0 Å². The highest BCUT2D eigenvalue weighted by Crippen LogP contribution is 2.18. The molecule has 3 nitrogen and oxygen atoms in total. The van der Waals surface area contributed by atoms with Crippen LogP contribution in [0.3, 0.4) is 0 Å². The van der Waals surface area contributed by atoms with E-state index in [9.17, 15) is 4.39 Å². The van der Waals surface area contributed by atoms with E-state index in [2.05, 4.69) is 10.5 Å². The van der Waals surface area contributed by atoms with Crippen LogP contribution in [-0.2, 0) is 6.61 Å². The second-order valence-corrected chi connectivity index (χ2v) is 5.19. The number of hydrogen-bond acceptors (Lipinski definition) is 3. The Labute approximate surface area is 140 Å². The van der Waals surface area contributed by atoms with E-state index >= 15 is 0 Å². The zero-order valence-corrected chi connectivity index (χ0v) is 13.0. The summed E-state index contributed by atoms with van der Waals surface area (Å²) in [4.78, 5) is 0. The number of nitrogens with one attached hydrogen (secondary N) is 1. The number of ether oxygens (including phenoxy) is 1. The molecule has 0 aliphatic carbocycles. The molecular formula is C20H17FN2O. The van der Waals surface area contributed by atoms with Crippen LogP contribution in [0.25, 0.3) is 0 Å². The van der Waals surface area contributed by atoms with Crippen LogP contribution in [0.5, 0.6) is 5.75 Å². The highest BCUT2D eigenvalue weighted by molar-refractivity contribution is 5.83. The van der Waals surface area contributed by atoms with Gasteiger partial charge in [0.2, 0.25) is 0 Å². The summed E-state index contributed by atoms with van der Waals surface area (Å²) >= 11 is 0. The fourth-order valence-corrected chi connectivity index (χ4v) is 2.15. The predicted molar refractivity (Wildman–Crippen MR) is 94.8 cm³/mol. The minimum absolute atomic E-state index is 0.274. The number of hydrogen-bond donors (Lipinski definition) is 1. The molecule has 0 aliphatic rings. The Morgan fingerprint density at radius 1 is 0.875 bits per heavy atom. The van der Waals surface area contributed by atoms with Crippen LogP contribution in [-0.4, -0.2) is 6.21 Å². The van der Waals surface area contributed by atoms with Crippen molar-refractivity contribution in [3.05, 3.63) is 95.8 Å². The van der Waals surface area contributed by atoms with Gasteiger partial charge < -0.3 is 4.74 Å². The van der Waals surface area contributed by atoms with Crippen molar-refractivity contribution in [2.45, 2.75) is 6.61 Å². The number of anilines is 1.